The maximum absolute atomic E-state index is 5.32. The van der Waals surface area contributed by atoms with Crippen LogP contribution in [-0.2, 0) is 4.74 Å². The monoisotopic (exact) mass is 245 g/mol. The van der Waals surface area contributed by atoms with E-state index in [2.05, 4.69) is 41.7 Å². The maximum Gasteiger partial charge on any atom is 0.0530 e. The first kappa shape index (κ1) is 13.3. The number of hydrogen-bond donors (Lipinski definition) is 1. The van der Waals surface area contributed by atoms with Crippen molar-refractivity contribution < 1.29 is 4.74 Å². The van der Waals surface area contributed by atoms with Gasteiger partial charge >= 0.3 is 0 Å². The van der Waals surface area contributed by atoms with Crippen LogP contribution in [0.2, 0.25) is 0 Å². The highest BCUT2D eigenvalue weighted by molar-refractivity contribution is 5.48. The van der Waals surface area contributed by atoms with Gasteiger partial charge in [0.2, 0.25) is 0 Å². The van der Waals surface area contributed by atoms with E-state index in [4.69, 9.17) is 4.74 Å². The molecule has 1 aromatic carbocycles. The molecule has 1 aliphatic carbocycles. The van der Waals surface area contributed by atoms with Crippen LogP contribution in [-0.4, -0.2) is 26.8 Å². The van der Waals surface area contributed by atoms with Gasteiger partial charge in [0.25, 0.3) is 0 Å². The second-order valence-electron chi connectivity index (χ2n) is 5.23. The molecule has 0 amide bonds. The molecule has 0 unspecified atom stereocenters. The van der Waals surface area contributed by atoms with E-state index in [1.807, 2.05) is 6.07 Å². The van der Waals surface area contributed by atoms with Gasteiger partial charge in [-0.2, -0.15) is 0 Å². The molecule has 0 radical (unpaired) electrons. The molecular weight excluding hydrogens is 222 g/mol. The Morgan fingerprint density at radius 2 is 2.06 bits per heavy atom. The molecule has 98 valence electrons. The zero-order valence-electron chi connectivity index (χ0n) is 11.2. The van der Waals surface area contributed by atoms with Gasteiger partial charge in [0, 0.05) is 25.6 Å². The summed E-state index contributed by atoms with van der Waals surface area (Å²) in [6.45, 7) is 2.89. The summed E-state index contributed by atoms with van der Waals surface area (Å²) in [4.78, 5) is 0. The van der Waals surface area contributed by atoms with Crippen molar-refractivity contribution in [3.63, 3.8) is 0 Å². The molecule has 2 nitrogen and oxygen atoms in total. The third kappa shape index (κ3) is 3.69. The van der Waals surface area contributed by atoms with Crippen LogP contribution in [0.5, 0.6) is 0 Å². The molecule has 0 atom stereocenters. The summed E-state index contributed by atoms with van der Waals surface area (Å²) in [5, 5.41) is 3.52. The van der Waals surface area contributed by atoms with Crippen LogP contribution in [0.15, 0.2) is 36.4 Å². The molecule has 0 bridgehead atoms. The van der Waals surface area contributed by atoms with Crippen molar-refractivity contribution in [2.45, 2.75) is 19.3 Å². The molecule has 1 N–H and O–H groups in total. The molecule has 0 aromatic heterocycles. The van der Waals surface area contributed by atoms with Crippen molar-refractivity contribution in [3.05, 3.63) is 42.0 Å². The summed E-state index contributed by atoms with van der Waals surface area (Å²) in [5.41, 5.74) is 1.67. The Morgan fingerprint density at radius 3 is 2.67 bits per heavy atom. The SMILES string of the molecule is COCC1(CNCC=Cc2ccccc2)CCC1. The predicted molar refractivity (Wildman–Crippen MR) is 76.5 cm³/mol. The number of benzene rings is 1. The summed E-state index contributed by atoms with van der Waals surface area (Å²) in [7, 11) is 1.80. The Hall–Kier alpha value is -1.12. The van der Waals surface area contributed by atoms with Crippen LogP contribution in [0.1, 0.15) is 24.8 Å². The molecule has 2 heteroatoms. The largest absolute Gasteiger partial charge is 0.384 e. The summed E-state index contributed by atoms with van der Waals surface area (Å²) in [6.07, 6.45) is 8.31. The van der Waals surface area contributed by atoms with Gasteiger partial charge in [0.05, 0.1) is 6.61 Å². The maximum atomic E-state index is 5.32. The van der Waals surface area contributed by atoms with Crippen LogP contribution in [0.25, 0.3) is 6.08 Å². The Balaban J connectivity index is 1.68. The smallest absolute Gasteiger partial charge is 0.0530 e. The van der Waals surface area contributed by atoms with Gasteiger partial charge in [-0.3, -0.25) is 0 Å². The van der Waals surface area contributed by atoms with Crippen LogP contribution in [0, 0.1) is 5.41 Å². The van der Waals surface area contributed by atoms with Gasteiger partial charge in [-0.25, -0.2) is 0 Å². The third-order valence-electron chi connectivity index (χ3n) is 3.74. The number of hydrogen-bond acceptors (Lipinski definition) is 2. The minimum absolute atomic E-state index is 0.412. The van der Waals surface area contributed by atoms with Crippen molar-refractivity contribution in [1.29, 1.82) is 0 Å². The van der Waals surface area contributed by atoms with E-state index in [0.717, 1.165) is 19.7 Å². The van der Waals surface area contributed by atoms with Gasteiger partial charge in [-0.1, -0.05) is 48.9 Å². The number of methoxy groups -OCH3 is 1. The molecule has 0 heterocycles. The topological polar surface area (TPSA) is 21.3 Å². The van der Waals surface area contributed by atoms with Crippen molar-refractivity contribution in [1.82, 2.24) is 5.32 Å². The summed E-state index contributed by atoms with van der Waals surface area (Å²) < 4.78 is 5.32. The van der Waals surface area contributed by atoms with Crippen LogP contribution >= 0.6 is 0 Å². The lowest BCUT2D eigenvalue weighted by Crippen LogP contribution is -2.43. The van der Waals surface area contributed by atoms with Gasteiger partial charge in [0.1, 0.15) is 0 Å². The summed E-state index contributed by atoms with van der Waals surface area (Å²) >= 11 is 0. The van der Waals surface area contributed by atoms with E-state index in [-0.39, 0.29) is 0 Å². The van der Waals surface area contributed by atoms with Crippen molar-refractivity contribution in [2.24, 2.45) is 5.41 Å². The van der Waals surface area contributed by atoms with E-state index in [1.54, 1.807) is 7.11 Å². The number of rotatable bonds is 7. The first-order valence-electron chi connectivity index (χ1n) is 6.76. The molecule has 0 spiro atoms. The quantitative estimate of drug-likeness (QED) is 0.745. The molecule has 1 saturated carbocycles. The minimum Gasteiger partial charge on any atom is -0.384 e. The van der Waals surface area contributed by atoms with Gasteiger partial charge < -0.3 is 10.1 Å². The molecule has 1 aliphatic rings. The lowest BCUT2D eigenvalue weighted by atomic mass is 9.69. The zero-order chi connectivity index (χ0) is 12.7. The predicted octanol–water partition coefficient (Wildman–Crippen LogP) is 3.11. The van der Waals surface area contributed by atoms with Gasteiger partial charge in [0.15, 0.2) is 0 Å². The lowest BCUT2D eigenvalue weighted by Gasteiger charge is -2.41. The number of nitrogens with one attached hydrogen (secondary N) is 1. The lowest BCUT2D eigenvalue weighted by molar-refractivity contribution is 0.0187. The van der Waals surface area contributed by atoms with Gasteiger partial charge in [-0.05, 0) is 18.4 Å². The molecule has 18 heavy (non-hydrogen) atoms. The first-order chi connectivity index (χ1) is 8.85. The summed E-state index contributed by atoms with van der Waals surface area (Å²) in [6, 6.07) is 10.4. The zero-order valence-corrected chi connectivity index (χ0v) is 11.2. The fourth-order valence-corrected chi connectivity index (χ4v) is 2.53. The van der Waals surface area contributed by atoms with Crippen LogP contribution in [0.3, 0.4) is 0 Å². The van der Waals surface area contributed by atoms with E-state index < -0.39 is 0 Å². The third-order valence-corrected chi connectivity index (χ3v) is 3.74. The average molecular weight is 245 g/mol. The van der Waals surface area contributed by atoms with Crippen LogP contribution < -0.4 is 5.32 Å². The Kier molecular flexibility index (Phi) is 4.97. The van der Waals surface area contributed by atoms with Crippen molar-refractivity contribution in [3.8, 4) is 0 Å². The molecule has 0 aliphatic heterocycles. The normalized spacial score (nSPS) is 17.8. The highest BCUT2D eigenvalue weighted by Gasteiger charge is 2.36. The Bertz CT molecular complexity index is 368. The van der Waals surface area contributed by atoms with Gasteiger partial charge in [-0.15, -0.1) is 0 Å². The average Bonchev–Trinajstić information content (AvgIpc) is 2.36. The molecule has 2 rings (SSSR count). The number of ether oxygens (including phenoxy) is 1. The van der Waals surface area contributed by atoms with E-state index in [9.17, 15) is 0 Å². The Morgan fingerprint density at radius 1 is 1.28 bits per heavy atom. The minimum atomic E-state index is 0.412. The standard InChI is InChI=1S/C16H23NO/c1-18-14-16(10-6-11-16)13-17-12-5-9-15-7-3-2-4-8-15/h2-5,7-9,17H,6,10-14H2,1H3. The second-order valence-corrected chi connectivity index (χ2v) is 5.23. The fraction of sp³-hybridized carbons (Fsp3) is 0.500. The molecule has 1 aromatic rings. The highest BCUT2D eigenvalue weighted by Crippen LogP contribution is 2.40. The van der Waals surface area contributed by atoms with Crippen molar-refractivity contribution >= 4 is 6.08 Å². The highest BCUT2D eigenvalue weighted by atomic mass is 16.5. The first-order valence-corrected chi connectivity index (χ1v) is 6.76. The second kappa shape index (κ2) is 6.72. The Labute approximate surface area is 110 Å². The van der Waals surface area contributed by atoms with Crippen molar-refractivity contribution in [2.75, 3.05) is 26.8 Å². The van der Waals surface area contributed by atoms with Crippen LogP contribution in [0.4, 0.5) is 0 Å². The summed E-state index contributed by atoms with van der Waals surface area (Å²) in [5.74, 6) is 0. The fourth-order valence-electron chi connectivity index (χ4n) is 2.53. The van der Waals surface area contributed by atoms with E-state index >= 15 is 0 Å². The molecule has 1 fully saturated rings. The van der Waals surface area contributed by atoms with E-state index in [0.29, 0.717) is 5.41 Å². The molecular formula is C16H23NO. The molecule has 0 saturated heterocycles. The van der Waals surface area contributed by atoms with E-state index in [1.165, 1.54) is 24.8 Å².